The van der Waals surface area contributed by atoms with Crippen molar-refractivity contribution in [2.45, 2.75) is 17.6 Å². The first-order chi connectivity index (χ1) is 5.61. The van der Waals surface area contributed by atoms with E-state index in [1.165, 1.54) is 0 Å². The Morgan fingerprint density at radius 1 is 1.42 bits per heavy atom. The van der Waals surface area contributed by atoms with Crippen LogP contribution in [0, 0.1) is 6.92 Å². The molecule has 0 saturated carbocycles. The van der Waals surface area contributed by atoms with Gasteiger partial charge >= 0.3 is 0 Å². The SMILES string of the molecule is Cc1c(N)cccc1SC(F)F. The average molecular weight is 189 g/mol. The summed E-state index contributed by atoms with van der Waals surface area (Å²) in [4.78, 5) is 0.546. The Kier molecular flexibility index (Phi) is 2.92. The number of alkyl halides is 2. The van der Waals surface area contributed by atoms with Crippen LogP contribution in [0.5, 0.6) is 0 Å². The number of nitrogen functional groups attached to an aromatic ring is 1. The van der Waals surface area contributed by atoms with Crippen LogP contribution >= 0.6 is 11.8 Å². The van der Waals surface area contributed by atoms with Gasteiger partial charge in [0.05, 0.1) is 0 Å². The highest BCUT2D eigenvalue weighted by Gasteiger charge is 2.08. The Bertz CT molecular complexity index is 276. The highest BCUT2D eigenvalue weighted by atomic mass is 32.2. The minimum atomic E-state index is -2.38. The maximum absolute atomic E-state index is 12.0. The molecule has 0 heterocycles. The number of anilines is 1. The lowest BCUT2D eigenvalue weighted by atomic mass is 10.2. The van der Waals surface area contributed by atoms with Crippen molar-refractivity contribution in [2.24, 2.45) is 0 Å². The average Bonchev–Trinajstić information content (AvgIpc) is 1.98. The van der Waals surface area contributed by atoms with Crippen molar-refractivity contribution in [3.63, 3.8) is 0 Å². The standard InChI is InChI=1S/C8H9F2NS/c1-5-6(11)3-2-4-7(5)12-8(9)10/h2-4,8H,11H2,1H3. The van der Waals surface area contributed by atoms with E-state index in [0.717, 1.165) is 5.56 Å². The van der Waals surface area contributed by atoms with E-state index in [4.69, 9.17) is 5.73 Å². The third-order valence-corrected chi connectivity index (χ3v) is 2.42. The summed E-state index contributed by atoms with van der Waals surface area (Å²) in [6.45, 7) is 1.74. The highest BCUT2D eigenvalue weighted by Crippen LogP contribution is 2.30. The lowest BCUT2D eigenvalue weighted by Gasteiger charge is -2.06. The van der Waals surface area contributed by atoms with E-state index >= 15 is 0 Å². The van der Waals surface area contributed by atoms with E-state index in [0.29, 0.717) is 22.3 Å². The van der Waals surface area contributed by atoms with E-state index in [9.17, 15) is 8.78 Å². The predicted molar refractivity (Wildman–Crippen MR) is 47.5 cm³/mol. The summed E-state index contributed by atoms with van der Waals surface area (Å²) in [6.07, 6.45) is 0. The second kappa shape index (κ2) is 3.76. The Morgan fingerprint density at radius 3 is 2.67 bits per heavy atom. The Balaban J connectivity index is 2.92. The molecule has 4 heteroatoms. The maximum Gasteiger partial charge on any atom is 0.288 e. The molecular weight excluding hydrogens is 180 g/mol. The third-order valence-electron chi connectivity index (χ3n) is 1.54. The molecule has 1 aromatic carbocycles. The van der Waals surface area contributed by atoms with Gasteiger partial charge in [0, 0.05) is 10.6 Å². The summed E-state index contributed by atoms with van der Waals surface area (Å²) < 4.78 is 23.9. The van der Waals surface area contributed by atoms with Crippen molar-refractivity contribution in [1.29, 1.82) is 0 Å². The molecule has 2 N–H and O–H groups in total. The van der Waals surface area contributed by atoms with Crippen LogP contribution in [-0.4, -0.2) is 5.76 Å². The number of thioether (sulfide) groups is 1. The molecular formula is C8H9F2NS. The van der Waals surface area contributed by atoms with Gasteiger partial charge in [-0.3, -0.25) is 0 Å². The number of halogens is 2. The van der Waals surface area contributed by atoms with E-state index in [1.54, 1.807) is 25.1 Å². The van der Waals surface area contributed by atoms with Gasteiger partial charge in [0.1, 0.15) is 0 Å². The third kappa shape index (κ3) is 2.11. The molecule has 0 radical (unpaired) electrons. The molecule has 0 unspecified atom stereocenters. The van der Waals surface area contributed by atoms with Crippen molar-refractivity contribution >= 4 is 17.4 Å². The molecule has 0 saturated heterocycles. The zero-order chi connectivity index (χ0) is 9.14. The molecule has 0 aliphatic carbocycles. The molecule has 1 aromatic rings. The second-order valence-electron chi connectivity index (χ2n) is 2.35. The topological polar surface area (TPSA) is 26.0 Å². The lowest BCUT2D eigenvalue weighted by molar-refractivity contribution is 0.252. The quantitative estimate of drug-likeness (QED) is 0.571. The summed E-state index contributed by atoms with van der Waals surface area (Å²) in [7, 11) is 0. The molecule has 0 aliphatic heterocycles. The first kappa shape index (κ1) is 9.32. The molecule has 0 aromatic heterocycles. The molecule has 0 aliphatic rings. The Morgan fingerprint density at radius 2 is 2.08 bits per heavy atom. The van der Waals surface area contributed by atoms with Gasteiger partial charge in [-0.15, -0.1) is 0 Å². The van der Waals surface area contributed by atoms with E-state index in [2.05, 4.69) is 0 Å². The molecule has 1 rings (SSSR count). The fraction of sp³-hybridized carbons (Fsp3) is 0.250. The van der Waals surface area contributed by atoms with Crippen LogP contribution in [0.25, 0.3) is 0 Å². The number of hydrogen-bond donors (Lipinski definition) is 1. The molecule has 0 bridgehead atoms. The van der Waals surface area contributed by atoms with Crippen LogP contribution in [-0.2, 0) is 0 Å². The largest absolute Gasteiger partial charge is 0.398 e. The van der Waals surface area contributed by atoms with Crippen LogP contribution in [0.3, 0.4) is 0 Å². The molecule has 1 nitrogen and oxygen atoms in total. The summed E-state index contributed by atoms with van der Waals surface area (Å²) in [6, 6.07) is 5.01. The number of benzene rings is 1. The maximum atomic E-state index is 12.0. The monoisotopic (exact) mass is 189 g/mol. The summed E-state index contributed by atoms with van der Waals surface area (Å²) >= 11 is 0.526. The van der Waals surface area contributed by atoms with Gasteiger partial charge in [-0.1, -0.05) is 17.8 Å². The van der Waals surface area contributed by atoms with Crippen molar-refractivity contribution in [3.8, 4) is 0 Å². The molecule has 12 heavy (non-hydrogen) atoms. The second-order valence-corrected chi connectivity index (χ2v) is 3.38. The zero-order valence-electron chi connectivity index (χ0n) is 6.55. The minimum Gasteiger partial charge on any atom is -0.398 e. The van der Waals surface area contributed by atoms with Crippen LogP contribution in [0.1, 0.15) is 5.56 Å². The first-order valence-corrected chi connectivity index (χ1v) is 4.29. The number of hydrogen-bond acceptors (Lipinski definition) is 2. The predicted octanol–water partition coefficient (Wildman–Crippen LogP) is 2.89. The lowest BCUT2D eigenvalue weighted by Crippen LogP contribution is -1.92. The summed E-state index contributed by atoms with van der Waals surface area (Å²) in [5, 5.41) is 0. The Hall–Kier alpha value is -0.770. The molecule has 0 atom stereocenters. The van der Waals surface area contributed by atoms with Gasteiger partial charge in [0.15, 0.2) is 0 Å². The van der Waals surface area contributed by atoms with Crippen LogP contribution in [0.4, 0.5) is 14.5 Å². The van der Waals surface area contributed by atoms with Gasteiger partial charge < -0.3 is 5.73 Å². The normalized spacial score (nSPS) is 10.7. The van der Waals surface area contributed by atoms with Crippen molar-refractivity contribution in [1.82, 2.24) is 0 Å². The number of rotatable bonds is 2. The van der Waals surface area contributed by atoms with Gasteiger partial charge in [0.25, 0.3) is 5.76 Å². The smallest absolute Gasteiger partial charge is 0.288 e. The fourth-order valence-electron chi connectivity index (χ4n) is 0.855. The highest BCUT2D eigenvalue weighted by molar-refractivity contribution is 7.99. The minimum absolute atomic E-state index is 0.526. The molecule has 0 spiro atoms. The molecule has 0 amide bonds. The Labute approximate surface area is 74.0 Å². The number of nitrogens with two attached hydrogens (primary N) is 1. The van der Waals surface area contributed by atoms with Crippen molar-refractivity contribution < 1.29 is 8.78 Å². The van der Waals surface area contributed by atoms with Crippen LogP contribution in [0.2, 0.25) is 0 Å². The zero-order valence-corrected chi connectivity index (χ0v) is 7.37. The van der Waals surface area contributed by atoms with E-state index < -0.39 is 5.76 Å². The van der Waals surface area contributed by atoms with Gasteiger partial charge in [-0.25, -0.2) is 0 Å². The summed E-state index contributed by atoms with van der Waals surface area (Å²) in [5.41, 5.74) is 6.82. The summed E-state index contributed by atoms with van der Waals surface area (Å²) in [5.74, 6) is -2.38. The van der Waals surface area contributed by atoms with Gasteiger partial charge in [0.2, 0.25) is 0 Å². The van der Waals surface area contributed by atoms with Gasteiger partial charge in [-0.2, -0.15) is 8.78 Å². The van der Waals surface area contributed by atoms with Gasteiger partial charge in [-0.05, 0) is 24.6 Å². The first-order valence-electron chi connectivity index (χ1n) is 3.41. The molecule has 0 fully saturated rings. The van der Waals surface area contributed by atoms with E-state index in [1.807, 2.05) is 0 Å². The fourth-order valence-corrected chi connectivity index (χ4v) is 1.50. The molecule has 66 valence electrons. The van der Waals surface area contributed by atoms with Crippen LogP contribution in [0.15, 0.2) is 23.1 Å². The van der Waals surface area contributed by atoms with Crippen molar-refractivity contribution in [2.75, 3.05) is 5.73 Å². The van der Waals surface area contributed by atoms with Crippen molar-refractivity contribution in [3.05, 3.63) is 23.8 Å². The van der Waals surface area contributed by atoms with E-state index in [-0.39, 0.29) is 0 Å². The van der Waals surface area contributed by atoms with Crippen LogP contribution < -0.4 is 5.73 Å².